The van der Waals surface area contributed by atoms with E-state index in [2.05, 4.69) is 17.4 Å². The predicted octanol–water partition coefficient (Wildman–Crippen LogP) is 1.53. The fraction of sp³-hybridized carbons (Fsp3) is 0.562. The molecule has 0 spiro atoms. The Labute approximate surface area is 126 Å². The van der Waals surface area contributed by atoms with Gasteiger partial charge in [0.25, 0.3) is 5.91 Å². The van der Waals surface area contributed by atoms with E-state index in [4.69, 9.17) is 5.84 Å². The Kier molecular flexibility index (Phi) is 4.12. The molecule has 1 aromatic rings. The van der Waals surface area contributed by atoms with E-state index in [0.29, 0.717) is 23.2 Å². The van der Waals surface area contributed by atoms with Crippen LogP contribution in [0.5, 0.6) is 0 Å². The van der Waals surface area contributed by atoms with Gasteiger partial charge in [-0.25, -0.2) is 0 Å². The van der Waals surface area contributed by atoms with Crippen molar-refractivity contribution in [3.05, 3.63) is 29.8 Å². The zero-order valence-electron chi connectivity index (χ0n) is 12.6. The molecule has 3 N–H and O–H groups in total. The maximum Gasteiger partial charge on any atom is 0.256 e. The number of hydrazine groups is 1. The largest absolute Gasteiger partial charge is 0.338 e. The van der Waals surface area contributed by atoms with Crippen molar-refractivity contribution in [1.82, 2.24) is 9.80 Å². The Balaban J connectivity index is 1.74. The molecule has 2 unspecified atom stereocenters. The first-order valence-corrected chi connectivity index (χ1v) is 7.76. The number of rotatable bonds is 2. The second kappa shape index (κ2) is 6.03. The van der Waals surface area contributed by atoms with E-state index in [0.717, 1.165) is 19.5 Å². The number of amides is 1. The number of piperidine rings is 2. The molecule has 2 saturated heterocycles. The first-order valence-electron chi connectivity index (χ1n) is 7.76. The highest BCUT2D eigenvalue weighted by molar-refractivity contribution is 5.99. The van der Waals surface area contributed by atoms with Crippen molar-refractivity contribution in [2.24, 2.45) is 11.8 Å². The van der Waals surface area contributed by atoms with Crippen LogP contribution in [0.25, 0.3) is 0 Å². The van der Waals surface area contributed by atoms with E-state index < -0.39 is 0 Å². The number of fused-ring (bicyclic) bond motifs is 1. The molecular weight excluding hydrogens is 264 g/mol. The van der Waals surface area contributed by atoms with Crippen LogP contribution in [0.15, 0.2) is 24.3 Å². The highest BCUT2D eigenvalue weighted by Gasteiger charge is 2.36. The summed E-state index contributed by atoms with van der Waals surface area (Å²) in [7, 11) is 2.21. The van der Waals surface area contributed by atoms with Crippen molar-refractivity contribution < 1.29 is 4.79 Å². The van der Waals surface area contributed by atoms with Gasteiger partial charge in [0.2, 0.25) is 0 Å². The van der Waals surface area contributed by atoms with Crippen LogP contribution in [-0.2, 0) is 0 Å². The first-order chi connectivity index (χ1) is 10.2. The maximum atomic E-state index is 12.8. The molecule has 2 atom stereocenters. The van der Waals surface area contributed by atoms with Gasteiger partial charge in [-0.3, -0.25) is 10.6 Å². The number of nitrogens with one attached hydrogen (secondary N) is 1. The van der Waals surface area contributed by atoms with Gasteiger partial charge in [-0.15, -0.1) is 0 Å². The van der Waals surface area contributed by atoms with Crippen LogP contribution in [0, 0.1) is 5.92 Å². The normalized spacial score (nSPS) is 26.3. The van der Waals surface area contributed by atoms with Gasteiger partial charge in [-0.1, -0.05) is 12.1 Å². The van der Waals surface area contributed by atoms with Crippen molar-refractivity contribution in [2.75, 3.05) is 32.1 Å². The van der Waals surface area contributed by atoms with E-state index in [1.54, 1.807) is 0 Å². The molecule has 2 aliphatic heterocycles. The summed E-state index contributed by atoms with van der Waals surface area (Å²) in [6, 6.07) is 8.10. The first kappa shape index (κ1) is 14.4. The van der Waals surface area contributed by atoms with Gasteiger partial charge in [0, 0.05) is 19.1 Å². The highest BCUT2D eigenvalue weighted by atomic mass is 16.2. The molecule has 0 radical (unpaired) electrons. The smallest absolute Gasteiger partial charge is 0.256 e. The lowest BCUT2D eigenvalue weighted by atomic mass is 9.84. The van der Waals surface area contributed by atoms with Crippen molar-refractivity contribution in [2.45, 2.75) is 25.3 Å². The van der Waals surface area contributed by atoms with Crippen molar-refractivity contribution in [1.29, 1.82) is 0 Å². The number of benzene rings is 1. The number of nitrogens with two attached hydrogens (primary N) is 1. The second-order valence-electron chi connectivity index (χ2n) is 6.18. The number of anilines is 1. The molecule has 5 heteroatoms. The summed E-state index contributed by atoms with van der Waals surface area (Å²) < 4.78 is 0. The summed E-state index contributed by atoms with van der Waals surface area (Å²) in [6.45, 7) is 2.89. The number of nitrogen functional groups attached to an aromatic ring is 1. The third-order valence-corrected chi connectivity index (χ3v) is 4.95. The molecule has 2 aliphatic rings. The molecule has 1 aromatic carbocycles. The molecule has 0 bridgehead atoms. The maximum absolute atomic E-state index is 12.8. The van der Waals surface area contributed by atoms with Crippen molar-refractivity contribution >= 4 is 11.6 Å². The fourth-order valence-electron chi connectivity index (χ4n) is 3.80. The monoisotopic (exact) mass is 288 g/mol. The van der Waals surface area contributed by atoms with Gasteiger partial charge in [-0.2, -0.15) is 0 Å². The lowest BCUT2D eigenvalue weighted by Gasteiger charge is -2.46. The Morgan fingerprint density at radius 2 is 2.10 bits per heavy atom. The van der Waals surface area contributed by atoms with Gasteiger partial charge >= 0.3 is 0 Å². The van der Waals surface area contributed by atoms with Gasteiger partial charge in [0.05, 0.1) is 11.3 Å². The molecule has 2 heterocycles. The average molecular weight is 288 g/mol. The number of nitrogens with zero attached hydrogens (tertiary/aromatic N) is 2. The highest BCUT2D eigenvalue weighted by Crippen LogP contribution is 2.30. The van der Waals surface area contributed by atoms with E-state index in [1.165, 1.54) is 19.4 Å². The zero-order chi connectivity index (χ0) is 14.8. The lowest BCUT2D eigenvalue weighted by Crippen LogP contribution is -2.53. The fourth-order valence-corrected chi connectivity index (χ4v) is 3.80. The summed E-state index contributed by atoms with van der Waals surface area (Å²) in [6.07, 6.45) is 3.54. The summed E-state index contributed by atoms with van der Waals surface area (Å²) in [5.74, 6) is 6.22. The van der Waals surface area contributed by atoms with Crippen LogP contribution < -0.4 is 11.3 Å². The molecule has 114 valence electrons. The van der Waals surface area contributed by atoms with Gasteiger partial charge in [0.15, 0.2) is 0 Å². The summed E-state index contributed by atoms with van der Waals surface area (Å²) in [5.41, 5.74) is 3.99. The Morgan fingerprint density at radius 3 is 2.90 bits per heavy atom. The molecule has 0 saturated carbocycles. The van der Waals surface area contributed by atoms with Gasteiger partial charge in [0.1, 0.15) is 0 Å². The van der Waals surface area contributed by atoms with Crippen LogP contribution in [0.1, 0.15) is 29.6 Å². The lowest BCUT2D eigenvalue weighted by molar-refractivity contribution is 0.0317. The Bertz CT molecular complexity index is 519. The number of para-hydroxylation sites is 1. The van der Waals surface area contributed by atoms with Crippen LogP contribution in [0.2, 0.25) is 0 Å². The third-order valence-electron chi connectivity index (χ3n) is 4.95. The van der Waals surface area contributed by atoms with Crippen molar-refractivity contribution in [3.63, 3.8) is 0 Å². The molecule has 0 aromatic heterocycles. The molecule has 21 heavy (non-hydrogen) atoms. The minimum Gasteiger partial charge on any atom is -0.338 e. The van der Waals surface area contributed by atoms with Crippen LogP contribution >= 0.6 is 0 Å². The number of carbonyl (C=O) groups is 1. The van der Waals surface area contributed by atoms with Crippen LogP contribution in [0.3, 0.4) is 0 Å². The topological polar surface area (TPSA) is 61.6 Å². The van der Waals surface area contributed by atoms with Crippen LogP contribution in [0.4, 0.5) is 5.69 Å². The Hall–Kier alpha value is -1.59. The second-order valence-corrected chi connectivity index (χ2v) is 6.18. The zero-order valence-corrected chi connectivity index (χ0v) is 12.6. The standard InChI is InChI=1S/C16H24N4O/c1-19-9-4-5-12-11-20(10-8-15(12)19)16(21)13-6-2-3-7-14(13)18-17/h2-3,6-7,12,15,18H,4-5,8-11,17H2,1H3. The van der Waals surface area contributed by atoms with Crippen molar-refractivity contribution in [3.8, 4) is 0 Å². The minimum atomic E-state index is 0.0928. The molecule has 2 fully saturated rings. The SMILES string of the molecule is CN1CCCC2CN(C(=O)c3ccccc3NN)CCC21. The summed E-state index contributed by atoms with van der Waals surface area (Å²) in [4.78, 5) is 17.2. The molecule has 5 nitrogen and oxygen atoms in total. The number of hydrogen-bond acceptors (Lipinski definition) is 4. The van der Waals surface area contributed by atoms with Crippen LogP contribution in [-0.4, -0.2) is 48.4 Å². The van der Waals surface area contributed by atoms with Gasteiger partial charge < -0.3 is 15.2 Å². The van der Waals surface area contributed by atoms with E-state index in [9.17, 15) is 4.79 Å². The number of hydrogen-bond donors (Lipinski definition) is 2. The molecule has 0 aliphatic carbocycles. The molecule has 1 amide bonds. The third kappa shape index (κ3) is 2.76. The predicted molar refractivity (Wildman–Crippen MR) is 83.9 cm³/mol. The number of carbonyl (C=O) groups excluding carboxylic acids is 1. The van der Waals surface area contributed by atoms with Gasteiger partial charge in [-0.05, 0) is 50.9 Å². The summed E-state index contributed by atoms with van der Waals surface area (Å²) in [5, 5.41) is 0. The van der Waals surface area contributed by atoms with E-state index >= 15 is 0 Å². The minimum absolute atomic E-state index is 0.0928. The average Bonchev–Trinajstić information content (AvgIpc) is 2.54. The van der Waals surface area contributed by atoms with E-state index in [-0.39, 0.29) is 5.91 Å². The number of likely N-dealkylation sites (tertiary alicyclic amines) is 2. The summed E-state index contributed by atoms with van der Waals surface area (Å²) >= 11 is 0. The van der Waals surface area contributed by atoms with E-state index in [1.807, 2.05) is 29.2 Å². The molecule has 3 rings (SSSR count). The quantitative estimate of drug-likeness (QED) is 0.640. The Morgan fingerprint density at radius 1 is 1.29 bits per heavy atom. The molecular formula is C16H24N4O.